The van der Waals surface area contributed by atoms with Crippen molar-refractivity contribution in [1.82, 2.24) is 14.4 Å². The highest BCUT2D eigenvalue weighted by Crippen LogP contribution is 2.42. The van der Waals surface area contributed by atoms with E-state index in [2.05, 4.69) is 47.4 Å². The van der Waals surface area contributed by atoms with E-state index in [0.717, 1.165) is 77.3 Å². The molecule has 49 heavy (non-hydrogen) atoms. The van der Waals surface area contributed by atoms with Crippen LogP contribution in [-0.2, 0) is 0 Å². The summed E-state index contributed by atoms with van der Waals surface area (Å²) >= 11 is 0. The highest BCUT2D eigenvalue weighted by atomic mass is 16.3. The van der Waals surface area contributed by atoms with Crippen molar-refractivity contribution < 1.29 is 8.83 Å². The quantitative estimate of drug-likeness (QED) is 0.193. The van der Waals surface area contributed by atoms with Crippen LogP contribution in [0.15, 0.2) is 165 Å². The second kappa shape index (κ2) is 10.6. The molecule has 0 saturated carbocycles. The Labute approximate surface area is 279 Å². The van der Waals surface area contributed by atoms with Crippen molar-refractivity contribution in [2.75, 3.05) is 0 Å². The number of furan rings is 2. The maximum atomic E-state index is 14.1. The standard InChI is InChI=1S/C43H25N3O3/c47-43-45-42(27-12-5-2-6-13-27)44-39-23-20-30(26-10-3-1-4-11-26)41(46(39)43)32-15-9-17-38-40(32)34-25-29(19-22-37(34)49-38)28-18-21-36-33(24-28)31-14-7-8-16-35(31)48-36/h1-25H. The molecule has 0 aliphatic carbocycles. The van der Waals surface area contributed by atoms with Gasteiger partial charge in [-0.2, -0.15) is 4.98 Å². The number of rotatable bonds is 4. The fraction of sp³-hybridized carbons (Fsp3) is 0. The molecule has 0 aliphatic heterocycles. The molecule has 6 nitrogen and oxygen atoms in total. The van der Waals surface area contributed by atoms with Crippen LogP contribution in [0.3, 0.4) is 0 Å². The summed E-state index contributed by atoms with van der Waals surface area (Å²) in [5.41, 5.74) is 9.66. The maximum absolute atomic E-state index is 14.1. The van der Waals surface area contributed by atoms with Gasteiger partial charge in [-0.1, -0.05) is 103 Å². The van der Waals surface area contributed by atoms with Crippen molar-refractivity contribution in [3.05, 3.63) is 162 Å². The van der Waals surface area contributed by atoms with Crippen molar-refractivity contribution >= 4 is 49.5 Å². The smallest absolute Gasteiger partial charge is 0.355 e. The van der Waals surface area contributed by atoms with E-state index in [1.54, 1.807) is 4.40 Å². The number of hydrogen-bond donors (Lipinski definition) is 0. The Morgan fingerprint density at radius 2 is 1.08 bits per heavy atom. The van der Waals surface area contributed by atoms with Crippen molar-refractivity contribution in [2.24, 2.45) is 0 Å². The lowest BCUT2D eigenvalue weighted by Gasteiger charge is -2.16. The van der Waals surface area contributed by atoms with E-state index in [9.17, 15) is 4.79 Å². The second-order valence-electron chi connectivity index (χ2n) is 12.2. The van der Waals surface area contributed by atoms with Gasteiger partial charge in [0, 0.05) is 38.2 Å². The number of aromatic nitrogens is 3. The number of para-hydroxylation sites is 1. The van der Waals surface area contributed by atoms with Crippen molar-refractivity contribution in [2.45, 2.75) is 0 Å². The molecule has 6 aromatic carbocycles. The third kappa shape index (κ3) is 4.31. The molecule has 230 valence electrons. The molecule has 0 fully saturated rings. The highest BCUT2D eigenvalue weighted by Gasteiger charge is 2.21. The minimum Gasteiger partial charge on any atom is -0.456 e. The lowest BCUT2D eigenvalue weighted by atomic mass is 9.94. The predicted octanol–water partition coefficient (Wildman–Crippen LogP) is 10.6. The molecule has 0 N–H and O–H groups in total. The Kier molecular flexibility index (Phi) is 5.92. The van der Waals surface area contributed by atoms with E-state index >= 15 is 0 Å². The van der Waals surface area contributed by atoms with Crippen LogP contribution >= 0.6 is 0 Å². The van der Waals surface area contributed by atoms with Crippen LogP contribution in [0, 0.1) is 0 Å². The molecular weight excluding hydrogens is 606 g/mol. The molecule has 6 heteroatoms. The van der Waals surface area contributed by atoms with Crippen molar-refractivity contribution in [3.63, 3.8) is 0 Å². The van der Waals surface area contributed by atoms with Gasteiger partial charge in [-0.3, -0.25) is 0 Å². The van der Waals surface area contributed by atoms with Gasteiger partial charge >= 0.3 is 5.69 Å². The van der Waals surface area contributed by atoms with Gasteiger partial charge < -0.3 is 8.83 Å². The van der Waals surface area contributed by atoms with E-state index in [4.69, 9.17) is 13.8 Å². The average molecular weight is 632 g/mol. The summed E-state index contributed by atoms with van der Waals surface area (Å²) in [6, 6.07) is 50.3. The van der Waals surface area contributed by atoms with Gasteiger partial charge in [-0.15, -0.1) is 0 Å². The van der Waals surface area contributed by atoms with Gasteiger partial charge in [-0.05, 0) is 65.2 Å². The van der Waals surface area contributed by atoms with Crippen molar-refractivity contribution in [1.29, 1.82) is 0 Å². The van der Waals surface area contributed by atoms with Crippen molar-refractivity contribution in [3.8, 4) is 44.9 Å². The van der Waals surface area contributed by atoms with E-state index in [1.165, 1.54) is 0 Å². The monoisotopic (exact) mass is 631 g/mol. The summed E-state index contributed by atoms with van der Waals surface area (Å²) in [5.74, 6) is 0.392. The number of fused-ring (bicyclic) bond motifs is 7. The first-order valence-electron chi connectivity index (χ1n) is 16.1. The number of hydrogen-bond acceptors (Lipinski definition) is 5. The van der Waals surface area contributed by atoms with Crippen LogP contribution in [0.4, 0.5) is 0 Å². The Morgan fingerprint density at radius 1 is 0.449 bits per heavy atom. The Bertz CT molecular complexity index is 2960. The Balaban J connectivity index is 1.24. The van der Waals surface area contributed by atoms with Crippen LogP contribution < -0.4 is 5.69 Å². The number of nitrogens with zero attached hydrogens (tertiary/aromatic N) is 3. The first-order chi connectivity index (χ1) is 24.2. The lowest BCUT2D eigenvalue weighted by molar-refractivity contribution is 0.668. The van der Waals surface area contributed by atoms with Gasteiger partial charge in [0.2, 0.25) is 0 Å². The second-order valence-corrected chi connectivity index (χ2v) is 12.2. The number of pyridine rings is 1. The molecule has 4 heterocycles. The van der Waals surface area contributed by atoms with Gasteiger partial charge in [0.05, 0.1) is 5.69 Å². The molecule has 0 radical (unpaired) electrons. The summed E-state index contributed by atoms with van der Waals surface area (Å²) < 4.78 is 14.2. The Hall–Kier alpha value is -6.79. The molecule has 10 aromatic rings. The topological polar surface area (TPSA) is 73.5 Å². The van der Waals surface area contributed by atoms with Crippen LogP contribution in [-0.4, -0.2) is 14.4 Å². The summed E-state index contributed by atoms with van der Waals surface area (Å²) in [4.78, 5) is 23.4. The van der Waals surface area contributed by atoms with E-state index < -0.39 is 5.69 Å². The van der Waals surface area contributed by atoms with Crippen LogP contribution in [0.1, 0.15) is 0 Å². The summed E-state index contributed by atoms with van der Waals surface area (Å²) in [6.45, 7) is 0. The first kappa shape index (κ1) is 27.3. The largest absolute Gasteiger partial charge is 0.456 e. The molecule has 4 aromatic heterocycles. The molecule has 10 rings (SSSR count). The molecule has 0 aliphatic rings. The molecule has 0 amide bonds. The fourth-order valence-corrected chi connectivity index (χ4v) is 7.04. The van der Waals surface area contributed by atoms with Gasteiger partial charge in [0.1, 0.15) is 28.0 Å². The zero-order chi connectivity index (χ0) is 32.5. The molecule has 0 atom stereocenters. The Morgan fingerprint density at radius 3 is 1.88 bits per heavy atom. The predicted molar refractivity (Wildman–Crippen MR) is 196 cm³/mol. The van der Waals surface area contributed by atoms with Gasteiger partial charge in [0.25, 0.3) is 0 Å². The van der Waals surface area contributed by atoms with Gasteiger partial charge in [-0.25, -0.2) is 14.2 Å². The molecular formula is C43H25N3O3. The molecule has 0 saturated heterocycles. The average Bonchev–Trinajstić information content (AvgIpc) is 3.73. The van der Waals surface area contributed by atoms with Gasteiger partial charge in [0.15, 0.2) is 5.82 Å². The summed E-state index contributed by atoms with van der Waals surface area (Å²) in [7, 11) is 0. The maximum Gasteiger partial charge on any atom is 0.355 e. The summed E-state index contributed by atoms with van der Waals surface area (Å²) in [5, 5.41) is 4.02. The SMILES string of the molecule is O=c1nc(-c2ccccc2)nc2ccc(-c3ccccc3)c(-c3cccc4oc5ccc(-c6ccc7oc8ccccc8c7c6)cc5c34)n12. The zero-order valence-corrected chi connectivity index (χ0v) is 26.0. The summed E-state index contributed by atoms with van der Waals surface area (Å²) in [6.07, 6.45) is 0. The third-order valence-electron chi connectivity index (χ3n) is 9.30. The lowest BCUT2D eigenvalue weighted by Crippen LogP contribution is -2.21. The van der Waals surface area contributed by atoms with E-state index in [-0.39, 0.29) is 0 Å². The minimum absolute atomic E-state index is 0.392. The molecule has 0 bridgehead atoms. The minimum atomic E-state index is -0.400. The highest BCUT2D eigenvalue weighted by molar-refractivity contribution is 6.14. The van der Waals surface area contributed by atoms with Crippen LogP contribution in [0.2, 0.25) is 0 Å². The fourth-order valence-electron chi connectivity index (χ4n) is 7.04. The first-order valence-corrected chi connectivity index (χ1v) is 16.1. The normalized spacial score (nSPS) is 11.8. The zero-order valence-electron chi connectivity index (χ0n) is 26.0. The third-order valence-corrected chi connectivity index (χ3v) is 9.30. The molecule has 0 unspecified atom stereocenters. The van der Waals surface area contributed by atoms with Crippen LogP contribution in [0.5, 0.6) is 0 Å². The van der Waals surface area contributed by atoms with E-state index in [1.807, 2.05) is 109 Å². The molecule has 0 spiro atoms. The number of benzene rings is 6. The van der Waals surface area contributed by atoms with E-state index in [0.29, 0.717) is 17.2 Å². The van der Waals surface area contributed by atoms with Crippen LogP contribution in [0.25, 0.3) is 94.4 Å².